The number of methoxy groups -OCH3 is 1. The van der Waals surface area contributed by atoms with Crippen LogP contribution in [0.15, 0.2) is 30.6 Å². The first-order valence-corrected chi connectivity index (χ1v) is 11.4. The van der Waals surface area contributed by atoms with Gasteiger partial charge in [0.15, 0.2) is 11.5 Å². The predicted octanol–water partition coefficient (Wildman–Crippen LogP) is 2.04. The Morgan fingerprint density at radius 3 is 2.56 bits per heavy atom. The Hall–Kier alpha value is -2.13. The summed E-state index contributed by atoms with van der Waals surface area (Å²) in [6, 6.07) is 6.32. The molecule has 1 saturated heterocycles. The Labute approximate surface area is 191 Å². The summed E-state index contributed by atoms with van der Waals surface area (Å²) in [5.74, 6) is 2.32. The highest BCUT2D eigenvalue weighted by Gasteiger charge is 2.20. The van der Waals surface area contributed by atoms with Crippen LogP contribution in [0.5, 0.6) is 11.5 Å². The number of likely N-dealkylation sites (tertiary alicyclic amines) is 1. The Balaban J connectivity index is 1.56. The normalized spacial score (nSPS) is 16.6. The number of aryl methyl sites for hydroxylation is 1. The maximum absolute atomic E-state index is 10.4. The molecule has 2 aromatic rings. The standard InChI is InChI=1S/C24H38N4O4/c1-18(2)28(16-24-25-9-12-26(24)3)14-19-5-6-22(23(13-19)31-4)32-17-21(30)15-27-10-7-20(29)8-11-27/h5-6,9,12-13,18,20-21,29-30H,7-8,10-11,14-17H2,1-4H3. The molecule has 0 radical (unpaired) electrons. The third-order valence-corrected chi connectivity index (χ3v) is 6.07. The molecule has 1 atom stereocenters. The lowest BCUT2D eigenvalue weighted by atomic mass is 10.1. The van der Waals surface area contributed by atoms with E-state index < -0.39 is 6.10 Å². The molecule has 8 nitrogen and oxygen atoms in total. The number of hydrogen-bond acceptors (Lipinski definition) is 7. The number of hydrogen-bond donors (Lipinski definition) is 2. The number of ether oxygens (including phenoxy) is 2. The highest BCUT2D eigenvalue weighted by Crippen LogP contribution is 2.29. The Morgan fingerprint density at radius 1 is 1.19 bits per heavy atom. The van der Waals surface area contributed by atoms with Crippen molar-refractivity contribution in [2.45, 2.75) is 58.0 Å². The van der Waals surface area contributed by atoms with E-state index in [4.69, 9.17) is 9.47 Å². The minimum Gasteiger partial charge on any atom is -0.493 e. The maximum Gasteiger partial charge on any atom is 0.161 e. The van der Waals surface area contributed by atoms with Crippen LogP contribution in [0.4, 0.5) is 0 Å². The summed E-state index contributed by atoms with van der Waals surface area (Å²) in [4.78, 5) is 8.98. The van der Waals surface area contributed by atoms with Crippen molar-refractivity contribution in [3.05, 3.63) is 42.0 Å². The van der Waals surface area contributed by atoms with Crippen molar-refractivity contribution in [3.63, 3.8) is 0 Å². The van der Waals surface area contributed by atoms with Crippen molar-refractivity contribution < 1.29 is 19.7 Å². The fourth-order valence-corrected chi connectivity index (χ4v) is 3.95. The molecule has 2 heterocycles. The molecule has 0 saturated carbocycles. The number of aromatic nitrogens is 2. The Kier molecular flexibility index (Phi) is 8.92. The molecular weight excluding hydrogens is 408 g/mol. The van der Waals surface area contributed by atoms with Gasteiger partial charge in [-0.05, 0) is 44.4 Å². The van der Waals surface area contributed by atoms with E-state index in [-0.39, 0.29) is 12.7 Å². The van der Waals surface area contributed by atoms with Gasteiger partial charge in [0.25, 0.3) is 0 Å². The zero-order valence-electron chi connectivity index (χ0n) is 19.8. The van der Waals surface area contributed by atoms with Crippen LogP contribution in [0.1, 0.15) is 38.1 Å². The second-order valence-corrected chi connectivity index (χ2v) is 8.93. The fourth-order valence-electron chi connectivity index (χ4n) is 3.95. The SMILES string of the molecule is COc1cc(CN(Cc2nccn2C)C(C)C)ccc1OCC(O)CN1CCC(O)CC1. The van der Waals surface area contributed by atoms with Crippen molar-refractivity contribution in [1.29, 1.82) is 0 Å². The fraction of sp³-hybridized carbons (Fsp3) is 0.625. The summed E-state index contributed by atoms with van der Waals surface area (Å²) in [7, 11) is 3.65. The average molecular weight is 447 g/mol. The van der Waals surface area contributed by atoms with Gasteiger partial charge in [-0.25, -0.2) is 4.98 Å². The van der Waals surface area contributed by atoms with Crippen LogP contribution >= 0.6 is 0 Å². The molecule has 2 N–H and O–H groups in total. The molecule has 0 aliphatic carbocycles. The molecule has 1 aromatic carbocycles. The molecule has 8 heteroatoms. The van der Waals surface area contributed by atoms with E-state index in [1.807, 2.05) is 42.2 Å². The van der Waals surface area contributed by atoms with Crippen LogP contribution in [0.25, 0.3) is 0 Å². The molecule has 32 heavy (non-hydrogen) atoms. The number of piperidine rings is 1. The summed E-state index contributed by atoms with van der Waals surface area (Å²) < 4.78 is 13.5. The van der Waals surface area contributed by atoms with Gasteiger partial charge < -0.3 is 29.2 Å². The maximum atomic E-state index is 10.4. The lowest BCUT2D eigenvalue weighted by molar-refractivity contribution is 0.0333. The number of imidazole rings is 1. The van der Waals surface area contributed by atoms with Crippen LogP contribution in [-0.4, -0.2) is 81.2 Å². The van der Waals surface area contributed by atoms with Crippen molar-refractivity contribution >= 4 is 0 Å². The van der Waals surface area contributed by atoms with E-state index in [0.717, 1.165) is 50.4 Å². The van der Waals surface area contributed by atoms with Gasteiger partial charge in [-0.1, -0.05) is 6.07 Å². The monoisotopic (exact) mass is 446 g/mol. The van der Waals surface area contributed by atoms with E-state index in [0.29, 0.717) is 24.1 Å². The molecule has 3 rings (SSSR count). The van der Waals surface area contributed by atoms with Crippen molar-refractivity contribution in [3.8, 4) is 11.5 Å². The molecule has 1 aliphatic heterocycles. The van der Waals surface area contributed by atoms with E-state index in [2.05, 4.69) is 28.6 Å². The van der Waals surface area contributed by atoms with Gasteiger partial charge in [-0.15, -0.1) is 0 Å². The molecule has 1 fully saturated rings. The van der Waals surface area contributed by atoms with E-state index >= 15 is 0 Å². The molecule has 1 aromatic heterocycles. The molecular formula is C24H38N4O4. The number of aliphatic hydroxyl groups is 2. The minimum atomic E-state index is -0.594. The molecule has 178 valence electrons. The Morgan fingerprint density at radius 2 is 1.94 bits per heavy atom. The van der Waals surface area contributed by atoms with E-state index in [9.17, 15) is 10.2 Å². The summed E-state index contributed by atoms with van der Waals surface area (Å²) in [6.45, 7) is 8.26. The lowest BCUT2D eigenvalue weighted by Crippen LogP contribution is -2.41. The second-order valence-electron chi connectivity index (χ2n) is 8.93. The minimum absolute atomic E-state index is 0.200. The molecule has 1 unspecified atom stereocenters. The second kappa shape index (κ2) is 11.7. The third-order valence-electron chi connectivity index (χ3n) is 6.07. The molecule has 0 bridgehead atoms. The zero-order chi connectivity index (χ0) is 23.1. The number of benzene rings is 1. The topological polar surface area (TPSA) is 83.2 Å². The van der Waals surface area contributed by atoms with Crippen LogP contribution < -0.4 is 9.47 Å². The van der Waals surface area contributed by atoms with Gasteiger partial charge in [0, 0.05) is 51.7 Å². The van der Waals surface area contributed by atoms with E-state index in [1.54, 1.807) is 7.11 Å². The molecule has 1 aliphatic rings. The van der Waals surface area contributed by atoms with Crippen LogP contribution in [0.2, 0.25) is 0 Å². The van der Waals surface area contributed by atoms with Crippen molar-refractivity contribution in [1.82, 2.24) is 19.4 Å². The predicted molar refractivity (Wildman–Crippen MR) is 124 cm³/mol. The average Bonchev–Trinajstić information content (AvgIpc) is 3.18. The first-order chi connectivity index (χ1) is 15.4. The summed E-state index contributed by atoms with van der Waals surface area (Å²) in [5.41, 5.74) is 1.13. The number of β-amino-alcohol motifs (C(OH)–C–C–N with tert-alkyl or cyclic N) is 1. The molecule has 0 amide bonds. The number of nitrogens with zero attached hydrogens (tertiary/aromatic N) is 4. The highest BCUT2D eigenvalue weighted by molar-refractivity contribution is 5.43. The molecule has 0 spiro atoms. The van der Waals surface area contributed by atoms with Crippen LogP contribution in [-0.2, 0) is 20.1 Å². The Bertz CT molecular complexity index is 833. The summed E-state index contributed by atoms with van der Waals surface area (Å²) >= 11 is 0. The van der Waals surface area contributed by atoms with Gasteiger partial charge in [-0.3, -0.25) is 4.90 Å². The first-order valence-electron chi connectivity index (χ1n) is 11.4. The summed E-state index contributed by atoms with van der Waals surface area (Å²) in [5, 5.41) is 20.0. The van der Waals surface area contributed by atoms with Crippen molar-refractivity contribution in [2.24, 2.45) is 7.05 Å². The van der Waals surface area contributed by atoms with E-state index in [1.165, 1.54) is 0 Å². The highest BCUT2D eigenvalue weighted by atomic mass is 16.5. The van der Waals surface area contributed by atoms with Gasteiger partial charge >= 0.3 is 0 Å². The van der Waals surface area contributed by atoms with Gasteiger partial charge in [-0.2, -0.15) is 0 Å². The van der Waals surface area contributed by atoms with Crippen LogP contribution in [0, 0.1) is 0 Å². The van der Waals surface area contributed by atoms with Gasteiger partial charge in [0.1, 0.15) is 18.5 Å². The first kappa shape index (κ1) is 24.5. The summed E-state index contributed by atoms with van der Waals surface area (Å²) in [6.07, 6.45) is 4.51. The largest absolute Gasteiger partial charge is 0.493 e. The number of rotatable bonds is 11. The zero-order valence-corrected chi connectivity index (χ0v) is 19.8. The van der Waals surface area contributed by atoms with Crippen LogP contribution in [0.3, 0.4) is 0 Å². The van der Waals surface area contributed by atoms with Gasteiger partial charge in [0.2, 0.25) is 0 Å². The van der Waals surface area contributed by atoms with Gasteiger partial charge in [0.05, 0.1) is 19.8 Å². The third kappa shape index (κ3) is 6.93. The lowest BCUT2D eigenvalue weighted by Gasteiger charge is -2.31. The number of aliphatic hydroxyl groups excluding tert-OH is 2. The quantitative estimate of drug-likeness (QED) is 0.547. The smallest absolute Gasteiger partial charge is 0.161 e. The van der Waals surface area contributed by atoms with Crippen molar-refractivity contribution in [2.75, 3.05) is 33.4 Å².